The summed E-state index contributed by atoms with van der Waals surface area (Å²) in [4.78, 5) is 0. The van der Waals surface area contributed by atoms with Crippen LogP contribution in [0.15, 0.2) is 24.3 Å². The first-order valence-electron chi connectivity index (χ1n) is 6.74. The van der Waals surface area contributed by atoms with E-state index in [1.54, 1.807) is 7.11 Å². The van der Waals surface area contributed by atoms with Gasteiger partial charge in [-0.25, -0.2) is 0 Å². The zero-order valence-electron chi connectivity index (χ0n) is 11.7. The maximum absolute atomic E-state index is 5.56. The molecule has 1 aromatic rings. The summed E-state index contributed by atoms with van der Waals surface area (Å²) in [5.41, 5.74) is 1.27. The molecule has 0 saturated carbocycles. The second-order valence-corrected chi connectivity index (χ2v) is 4.43. The van der Waals surface area contributed by atoms with Crippen LogP contribution in [0.4, 0.5) is 0 Å². The van der Waals surface area contributed by atoms with Crippen molar-refractivity contribution in [3.63, 3.8) is 0 Å². The summed E-state index contributed by atoms with van der Waals surface area (Å²) in [6.45, 7) is 6.69. The zero-order valence-corrected chi connectivity index (χ0v) is 11.7. The number of nitrogens with one attached hydrogen (secondary N) is 1. The molecule has 0 radical (unpaired) electrons. The molecule has 1 rings (SSSR count). The second-order valence-electron chi connectivity index (χ2n) is 4.43. The van der Waals surface area contributed by atoms with Crippen LogP contribution in [-0.4, -0.2) is 26.4 Å². The van der Waals surface area contributed by atoms with Crippen molar-refractivity contribution in [2.75, 3.05) is 20.3 Å². The van der Waals surface area contributed by atoms with E-state index >= 15 is 0 Å². The van der Waals surface area contributed by atoms with Crippen molar-refractivity contribution in [3.8, 4) is 5.75 Å². The molecule has 0 saturated heterocycles. The van der Waals surface area contributed by atoms with Crippen LogP contribution in [-0.2, 0) is 11.3 Å². The lowest BCUT2D eigenvalue weighted by molar-refractivity contribution is 0.164. The van der Waals surface area contributed by atoms with Gasteiger partial charge in [0.1, 0.15) is 5.75 Å². The summed E-state index contributed by atoms with van der Waals surface area (Å²) in [5, 5.41) is 3.48. The Balaban J connectivity index is 2.38. The third kappa shape index (κ3) is 5.52. The Morgan fingerprint density at radius 1 is 1.17 bits per heavy atom. The monoisotopic (exact) mass is 251 g/mol. The van der Waals surface area contributed by atoms with Crippen molar-refractivity contribution < 1.29 is 9.47 Å². The van der Waals surface area contributed by atoms with Gasteiger partial charge in [-0.2, -0.15) is 0 Å². The Morgan fingerprint density at radius 2 is 1.89 bits per heavy atom. The van der Waals surface area contributed by atoms with Crippen LogP contribution < -0.4 is 10.1 Å². The van der Waals surface area contributed by atoms with Gasteiger partial charge in [0.15, 0.2) is 0 Å². The fraction of sp³-hybridized carbons (Fsp3) is 0.600. The average Bonchev–Trinajstić information content (AvgIpc) is 2.42. The second kappa shape index (κ2) is 8.95. The van der Waals surface area contributed by atoms with E-state index in [1.165, 1.54) is 5.56 Å². The number of ether oxygens (including phenoxy) is 2. The first-order chi connectivity index (χ1) is 8.80. The Kier molecular flexibility index (Phi) is 7.46. The molecule has 0 aliphatic carbocycles. The largest absolute Gasteiger partial charge is 0.494 e. The quantitative estimate of drug-likeness (QED) is 0.732. The molecule has 1 N–H and O–H groups in total. The molecule has 3 nitrogen and oxygen atoms in total. The smallest absolute Gasteiger partial charge is 0.119 e. The van der Waals surface area contributed by atoms with E-state index in [2.05, 4.69) is 31.3 Å². The van der Waals surface area contributed by atoms with E-state index in [9.17, 15) is 0 Å². The van der Waals surface area contributed by atoms with E-state index in [0.29, 0.717) is 6.04 Å². The molecule has 102 valence electrons. The van der Waals surface area contributed by atoms with E-state index in [-0.39, 0.29) is 0 Å². The number of hydrogen-bond donors (Lipinski definition) is 1. The number of rotatable bonds is 9. The Hall–Kier alpha value is -1.06. The van der Waals surface area contributed by atoms with Crippen molar-refractivity contribution in [2.24, 2.45) is 0 Å². The van der Waals surface area contributed by atoms with Crippen LogP contribution in [0.3, 0.4) is 0 Å². The number of methoxy groups -OCH3 is 1. The Labute approximate surface area is 110 Å². The van der Waals surface area contributed by atoms with Gasteiger partial charge in [-0.1, -0.05) is 26.0 Å². The standard InChI is InChI=1S/C15H25NO2/c1-4-10-18-15-8-6-13(7-9-15)11-16-14(5-2)12-17-3/h6-9,14,16H,4-5,10-12H2,1-3H3. The van der Waals surface area contributed by atoms with E-state index in [1.807, 2.05) is 12.1 Å². The normalized spacial score (nSPS) is 12.4. The molecule has 0 aliphatic heterocycles. The summed E-state index contributed by atoms with van der Waals surface area (Å²) >= 11 is 0. The average molecular weight is 251 g/mol. The summed E-state index contributed by atoms with van der Waals surface area (Å²) in [7, 11) is 1.74. The van der Waals surface area contributed by atoms with Crippen LogP contribution in [0.1, 0.15) is 32.3 Å². The van der Waals surface area contributed by atoms with Crippen LogP contribution in [0.5, 0.6) is 5.75 Å². The van der Waals surface area contributed by atoms with Gasteiger partial charge in [0.05, 0.1) is 13.2 Å². The highest BCUT2D eigenvalue weighted by Crippen LogP contribution is 2.12. The molecular formula is C15H25NO2. The van der Waals surface area contributed by atoms with E-state index < -0.39 is 0 Å². The molecule has 1 aromatic carbocycles. The van der Waals surface area contributed by atoms with Gasteiger partial charge < -0.3 is 14.8 Å². The highest BCUT2D eigenvalue weighted by Gasteiger charge is 2.04. The molecule has 3 heteroatoms. The molecule has 0 aromatic heterocycles. The predicted octanol–water partition coefficient (Wildman–Crippen LogP) is 2.99. The van der Waals surface area contributed by atoms with E-state index in [0.717, 1.165) is 38.3 Å². The highest BCUT2D eigenvalue weighted by atomic mass is 16.5. The zero-order chi connectivity index (χ0) is 13.2. The molecule has 0 heterocycles. The summed E-state index contributed by atoms with van der Waals surface area (Å²) in [5.74, 6) is 0.949. The Morgan fingerprint density at radius 3 is 2.44 bits per heavy atom. The van der Waals surface area contributed by atoms with Crippen molar-refractivity contribution >= 4 is 0 Å². The summed E-state index contributed by atoms with van der Waals surface area (Å²) in [6.07, 6.45) is 2.12. The summed E-state index contributed by atoms with van der Waals surface area (Å²) < 4.78 is 10.7. The molecule has 0 bridgehead atoms. The molecule has 0 aliphatic rings. The van der Waals surface area contributed by atoms with Crippen LogP contribution in [0.2, 0.25) is 0 Å². The molecule has 0 amide bonds. The first kappa shape index (κ1) is 15.0. The lowest BCUT2D eigenvalue weighted by Gasteiger charge is -2.16. The van der Waals surface area contributed by atoms with Crippen LogP contribution >= 0.6 is 0 Å². The van der Waals surface area contributed by atoms with Crippen LogP contribution in [0, 0.1) is 0 Å². The molecule has 1 atom stereocenters. The van der Waals surface area contributed by atoms with Gasteiger partial charge >= 0.3 is 0 Å². The van der Waals surface area contributed by atoms with Gasteiger partial charge in [-0.3, -0.25) is 0 Å². The first-order valence-corrected chi connectivity index (χ1v) is 6.74. The van der Waals surface area contributed by atoms with Gasteiger partial charge in [-0.15, -0.1) is 0 Å². The van der Waals surface area contributed by atoms with Crippen LogP contribution in [0.25, 0.3) is 0 Å². The molecular weight excluding hydrogens is 226 g/mol. The van der Waals surface area contributed by atoms with Gasteiger partial charge in [0, 0.05) is 19.7 Å². The lowest BCUT2D eigenvalue weighted by atomic mass is 10.2. The molecule has 1 unspecified atom stereocenters. The maximum atomic E-state index is 5.56. The minimum atomic E-state index is 0.422. The fourth-order valence-corrected chi connectivity index (χ4v) is 1.71. The van der Waals surface area contributed by atoms with E-state index in [4.69, 9.17) is 9.47 Å². The van der Waals surface area contributed by atoms with Gasteiger partial charge in [0.2, 0.25) is 0 Å². The third-order valence-corrected chi connectivity index (χ3v) is 2.85. The van der Waals surface area contributed by atoms with Gasteiger partial charge in [-0.05, 0) is 30.5 Å². The SMILES string of the molecule is CCCOc1ccc(CNC(CC)COC)cc1. The maximum Gasteiger partial charge on any atom is 0.119 e. The fourth-order valence-electron chi connectivity index (χ4n) is 1.71. The van der Waals surface area contributed by atoms with Crippen molar-refractivity contribution in [1.82, 2.24) is 5.32 Å². The third-order valence-electron chi connectivity index (χ3n) is 2.85. The highest BCUT2D eigenvalue weighted by molar-refractivity contribution is 5.27. The summed E-state index contributed by atoms with van der Waals surface area (Å²) in [6, 6.07) is 8.70. The van der Waals surface area contributed by atoms with Gasteiger partial charge in [0.25, 0.3) is 0 Å². The topological polar surface area (TPSA) is 30.5 Å². The Bertz CT molecular complexity index is 311. The molecule has 0 spiro atoms. The molecule has 18 heavy (non-hydrogen) atoms. The number of hydrogen-bond acceptors (Lipinski definition) is 3. The van der Waals surface area contributed by atoms with Crippen molar-refractivity contribution in [1.29, 1.82) is 0 Å². The minimum absolute atomic E-state index is 0.422. The molecule has 0 fully saturated rings. The number of benzene rings is 1. The van der Waals surface area contributed by atoms with Crippen molar-refractivity contribution in [2.45, 2.75) is 39.3 Å². The minimum Gasteiger partial charge on any atom is -0.494 e. The lowest BCUT2D eigenvalue weighted by Crippen LogP contribution is -2.31. The van der Waals surface area contributed by atoms with Crippen molar-refractivity contribution in [3.05, 3.63) is 29.8 Å². The predicted molar refractivity (Wildman–Crippen MR) is 75.0 cm³/mol.